The summed E-state index contributed by atoms with van der Waals surface area (Å²) in [6, 6.07) is -0.261. The lowest BCUT2D eigenvalue weighted by atomic mass is 9.85. The van der Waals surface area contributed by atoms with Crippen LogP contribution in [0.25, 0.3) is 0 Å². The number of amides is 2. The molecule has 0 aromatic carbocycles. The van der Waals surface area contributed by atoms with E-state index in [9.17, 15) is 14.7 Å². The van der Waals surface area contributed by atoms with Crippen LogP contribution in [0.1, 0.15) is 51.4 Å². The van der Waals surface area contributed by atoms with Gasteiger partial charge in [-0.25, -0.2) is 0 Å². The molecule has 1 fully saturated rings. The first kappa shape index (κ1) is 23.6. The van der Waals surface area contributed by atoms with Crippen molar-refractivity contribution in [3.8, 4) is 0 Å². The summed E-state index contributed by atoms with van der Waals surface area (Å²) in [7, 11) is 0. The van der Waals surface area contributed by atoms with Crippen LogP contribution in [0.4, 0.5) is 0 Å². The van der Waals surface area contributed by atoms with Crippen LogP contribution in [0.2, 0.25) is 0 Å². The van der Waals surface area contributed by atoms with Gasteiger partial charge in [-0.1, -0.05) is 38.2 Å². The van der Waals surface area contributed by atoms with Crippen LogP contribution in [0.15, 0.2) is 12.7 Å². The van der Waals surface area contributed by atoms with Crippen LogP contribution >= 0.6 is 0 Å². The Balaban J connectivity index is 2.42. The molecule has 156 valence electrons. The third-order valence-corrected chi connectivity index (χ3v) is 4.97. The Bertz CT molecular complexity index is 438. The van der Waals surface area contributed by atoms with Crippen molar-refractivity contribution in [1.29, 1.82) is 0 Å². The summed E-state index contributed by atoms with van der Waals surface area (Å²) in [5.74, 6) is -0.383. The maximum absolute atomic E-state index is 12.6. The third-order valence-electron chi connectivity index (χ3n) is 4.97. The molecule has 0 aromatic rings. The average molecular weight is 385 g/mol. The molecule has 1 aliphatic rings. The quantitative estimate of drug-likeness (QED) is 0.265. The van der Waals surface area contributed by atoms with Gasteiger partial charge in [0.25, 0.3) is 0 Å². The molecule has 0 spiro atoms. The van der Waals surface area contributed by atoms with E-state index in [0.717, 1.165) is 19.3 Å². The maximum Gasteiger partial charge on any atom is 0.224 e. The van der Waals surface area contributed by atoms with Crippen molar-refractivity contribution in [1.82, 2.24) is 10.6 Å². The van der Waals surface area contributed by atoms with Gasteiger partial charge in [0.15, 0.2) is 0 Å². The lowest BCUT2D eigenvalue weighted by Gasteiger charge is -2.27. The highest BCUT2D eigenvalue weighted by Crippen LogP contribution is 2.27. The van der Waals surface area contributed by atoms with Gasteiger partial charge in [0.2, 0.25) is 11.8 Å². The molecular weight excluding hydrogens is 348 g/mol. The van der Waals surface area contributed by atoms with E-state index in [4.69, 9.17) is 9.84 Å². The summed E-state index contributed by atoms with van der Waals surface area (Å²) in [5, 5.41) is 23.9. The largest absolute Gasteiger partial charge is 0.394 e. The predicted molar refractivity (Wildman–Crippen MR) is 104 cm³/mol. The van der Waals surface area contributed by atoms with Crippen LogP contribution in [0.5, 0.6) is 0 Å². The second-order valence-electron chi connectivity index (χ2n) is 7.24. The van der Waals surface area contributed by atoms with Crippen LogP contribution in [0, 0.1) is 11.8 Å². The Kier molecular flexibility index (Phi) is 12.8. The Morgan fingerprint density at radius 3 is 2.56 bits per heavy atom. The molecule has 0 saturated heterocycles. The predicted octanol–water partition coefficient (Wildman–Crippen LogP) is 1.14. The zero-order chi connectivity index (χ0) is 19.9. The molecule has 0 bridgehead atoms. The molecule has 2 unspecified atom stereocenters. The van der Waals surface area contributed by atoms with Crippen LogP contribution in [-0.2, 0) is 14.3 Å². The van der Waals surface area contributed by atoms with Crippen LogP contribution in [0.3, 0.4) is 0 Å². The van der Waals surface area contributed by atoms with Crippen molar-refractivity contribution in [2.75, 3.05) is 33.0 Å². The van der Waals surface area contributed by atoms with Crippen molar-refractivity contribution in [2.24, 2.45) is 11.8 Å². The van der Waals surface area contributed by atoms with Gasteiger partial charge in [-0.2, -0.15) is 0 Å². The number of aliphatic hydroxyl groups is 2. The highest BCUT2D eigenvalue weighted by molar-refractivity contribution is 5.86. The monoisotopic (exact) mass is 384 g/mol. The first-order valence-corrected chi connectivity index (χ1v) is 10.1. The third kappa shape index (κ3) is 10.5. The van der Waals surface area contributed by atoms with Gasteiger partial charge in [0, 0.05) is 13.0 Å². The molecular formula is C20H36N2O5. The van der Waals surface area contributed by atoms with E-state index in [0.29, 0.717) is 25.5 Å². The molecule has 2 atom stereocenters. The minimum Gasteiger partial charge on any atom is -0.394 e. The van der Waals surface area contributed by atoms with E-state index in [-0.39, 0.29) is 44.1 Å². The fourth-order valence-corrected chi connectivity index (χ4v) is 3.53. The zero-order valence-corrected chi connectivity index (χ0v) is 16.3. The number of aliphatic hydroxyl groups excluding tert-OH is 2. The van der Waals surface area contributed by atoms with Crippen LogP contribution < -0.4 is 10.6 Å². The number of hydrogen-bond donors (Lipinski definition) is 4. The topological polar surface area (TPSA) is 108 Å². The van der Waals surface area contributed by atoms with Crippen molar-refractivity contribution >= 4 is 11.8 Å². The standard InChI is InChI=1S/C20H36N2O5/c1-2-6-17(14-19(25)21-9-11-27-12-10-23)20(26)22-18(15-24)13-16-7-4-3-5-8-16/h2,16-18,23-24H,1,3-15H2,(H,21,25)(H,22,26). The zero-order valence-electron chi connectivity index (χ0n) is 16.3. The maximum atomic E-state index is 12.6. The summed E-state index contributed by atoms with van der Waals surface area (Å²) in [4.78, 5) is 24.7. The number of ether oxygens (including phenoxy) is 1. The minimum atomic E-state index is -0.499. The first-order valence-electron chi connectivity index (χ1n) is 10.1. The smallest absolute Gasteiger partial charge is 0.224 e. The summed E-state index contributed by atoms with van der Waals surface area (Å²) in [5.41, 5.74) is 0. The molecule has 1 aliphatic carbocycles. The van der Waals surface area contributed by atoms with Gasteiger partial charge in [0.05, 0.1) is 38.4 Å². The van der Waals surface area contributed by atoms with Gasteiger partial charge < -0.3 is 25.6 Å². The molecule has 0 heterocycles. The number of allylic oxidation sites excluding steroid dienone is 1. The fourth-order valence-electron chi connectivity index (χ4n) is 3.53. The lowest BCUT2D eigenvalue weighted by molar-refractivity contribution is -0.131. The first-order chi connectivity index (χ1) is 13.1. The molecule has 0 aromatic heterocycles. The SMILES string of the molecule is C=CCC(CC(=O)NCCOCCO)C(=O)NC(CO)CC1CCCCC1. The molecule has 27 heavy (non-hydrogen) atoms. The molecule has 2 amide bonds. The van der Waals surface area contributed by atoms with E-state index in [1.807, 2.05) is 0 Å². The van der Waals surface area contributed by atoms with Gasteiger partial charge in [-0.05, 0) is 18.8 Å². The summed E-state index contributed by atoms with van der Waals surface area (Å²) >= 11 is 0. The van der Waals surface area contributed by atoms with Gasteiger partial charge in [-0.3, -0.25) is 9.59 Å². The highest BCUT2D eigenvalue weighted by atomic mass is 16.5. The molecule has 7 nitrogen and oxygen atoms in total. The Hall–Kier alpha value is -1.44. The van der Waals surface area contributed by atoms with E-state index in [1.165, 1.54) is 19.3 Å². The molecule has 0 radical (unpaired) electrons. The van der Waals surface area contributed by atoms with Gasteiger partial charge in [0.1, 0.15) is 0 Å². The van der Waals surface area contributed by atoms with E-state index in [2.05, 4.69) is 17.2 Å². The number of carbonyl (C=O) groups is 2. The van der Waals surface area contributed by atoms with E-state index < -0.39 is 5.92 Å². The number of nitrogens with one attached hydrogen (secondary N) is 2. The highest BCUT2D eigenvalue weighted by Gasteiger charge is 2.25. The molecule has 7 heteroatoms. The number of carbonyl (C=O) groups excluding carboxylic acids is 2. The number of hydrogen-bond acceptors (Lipinski definition) is 5. The van der Waals surface area contributed by atoms with Gasteiger partial charge >= 0.3 is 0 Å². The van der Waals surface area contributed by atoms with Crippen LogP contribution in [-0.4, -0.2) is 61.0 Å². The summed E-state index contributed by atoms with van der Waals surface area (Å²) < 4.78 is 5.08. The van der Waals surface area contributed by atoms with Crippen molar-refractivity contribution < 1.29 is 24.5 Å². The summed E-state index contributed by atoms with van der Waals surface area (Å²) in [6.45, 7) is 4.43. The summed E-state index contributed by atoms with van der Waals surface area (Å²) in [6.07, 6.45) is 8.92. The molecule has 1 saturated carbocycles. The molecule has 4 N–H and O–H groups in total. The Labute approximate surface area is 162 Å². The average Bonchev–Trinajstić information content (AvgIpc) is 2.67. The fraction of sp³-hybridized carbons (Fsp3) is 0.800. The molecule has 1 rings (SSSR count). The van der Waals surface area contributed by atoms with E-state index in [1.54, 1.807) is 6.08 Å². The van der Waals surface area contributed by atoms with Crippen molar-refractivity contribution in [3.63, 3.8) is 0 Å². The minimum absolute atomic E-state index is 0.0532. The normalized spacial score (nSPS) is 17.1. The Morgan fingerprint density at radius 1 is 1.19 bits per heavy atom. The Morgan fingerprint density at radius 2 is 1.93 bits per heavy atom. The molecule has 0 aliphatic heterocycles. The second-order valence-corrected chi connectivity index (χ2v) is 7.24. The van der Waals surface area contributed by atoms with Crippen molar-refractivity contribution in [2.45, 2.75) is 57.4 Å². The number of rotatable bonds is 14. The van der Waals surface area contributed by atoms with Gasteiger partial charge in [-0.15, -0.1) is 6.58 Å². The second kappa shape index (κ2) is 14.6. The lowest BCUT2D eigenvalue weighted by Crippen LogP contribution is -2.43. The van der Waals surface area contributed by atoms with Crippen molar-refractivity contribution in [3.05, 3.63) is 12.7 Å². The van der Waals surface area contributed by atoms with E-state index >= 15 is 0 Å².